The summed E-state index contributed by atoms with van der Waals surface area (Å²) < 4.78 is 0. The predicted octanol–water partition coefficient (Wildman–Crippen LogP) is 2.76. The molecule has 2 atom stereocenters. The van der Waals surface area contributed by atoms with E-state index in [1.807, 2.05) is 51.1 Å². The fourth-order valence-electron chi connectivity index (χ4n) is 3.43. The number of fused-ring (bicyclic) bond motifs is 1. The van der Waals surface area contributed by atoms with Gasteiger partial charge in [0, 0.05) is 0 Å². The van der Waals surface area contributed by atoms with Crippen LogP contribution in [0.4, 0.5) is 11.4 Å². The van der Waals surface area contributed by atoms with E-state index in [1.54, 1.807) is 18.5 Å². The Morgan fingerprint density at radius 1 is 1.21 bits per heavy atom. The number of Topliss-reactive ketones (excluding diaryl/α,β-unsaturated/α-hetero) is 1. The number of aliphatic imine (C=N–C) groups is 1. The lowest BCUT2D eigenvalue weighted by Gasteiger charge is -2.19. The van der Waals surface area contributed by atoms with E-state index < -0.39 is 5.41 Å². The molecule has 0 saturated carbocycles. The summed E-state index contributed by atoms with van der Waals surface area (Å²) in [6.07, 6.45) is 1.67. The lowest BCUT2D eigenvalue weighted by Crippen LogP contribution is -3.06. The highest BCUT2D eigenvalue weighted by molar-refractivity contribution is 6.01. The number of hydrogen-bond acceptors (Lipinski definition) is 4. The molecule has 0 spiro atoms. The van der Waals surface area contributed by atoms with Crippen LogP contribution in [0, 0.1) is 11.3 Å². The zero-order chi connectivity index (χ0) is 21.2. The Morgan fingerprint density at radius 3 is 2.52 bits per heavy atom. The molecular weight excluding hydrogens is 364 g/mol. The Morgan fingerprint density at radius 2 is 1.90 bits per heavy atom. The molecule has 2 N–H and O–H groups in total. The van der Waals surface area contributed by atoms with Gasteiger partial charge in [-0.15, -0.1) is 0 Å². The maximum Gasteiger partial charge on any atom is 0.276 e. The van der Waals surface area contributed by atoms with Crippen LogP contribution in [0.25, 0.3) is 0 Å². The van der Waals surface area contributed by atoms with Gasteiger partial charge in [-0.2, -0.15) is 10.3 Å². The maximum atomic E-state index is 12.6. The third kappa shape index (κ3) is 4.25. The van der Waals surface area contributed by atoms with Gasteiger partial charge in [-0.1, -0.05) is 30.3 Å². The van der Waals surface area contributed by atoms with E-state index >= 15 is 0 Å². The van der Waals surface area contributed by atoms with Crippen molar-refractivity contribution in [2.75, 3.05) is 6.54 Å². The van der Waals surface area contributed by atoms with E-state index in [0.717, 1.165) is 27.4 Å². The molecule has 2 aromatic rings. The van der Waals surface area contributed by atoms with Gasteiger partial charge in [0.25, 0.3) is 5.91 Å². The third-order valence-corrected chi connectivity index (χ3v) is 5.24. The van der Waals surface area contributed by atoms with Crippen LogP contribution >= 0.6 is 0 Å². The van der Waals surface area contributed by atoms with Gasteiger partial charge >= 0.3 is 0 Å². The monoisotopic (exact) mass is 389 g/mol. The van der Waals surface area contributed by atoms with Crippen molar-refractivity contribution >= 4 is 29.4 Å². The van der Waals surface area contributed by atoms with E-state index in [9.17, 15) is 14.9 Å². The number of nitriles is 1. The number of rotatable bonds is 6. The van der Waals surface area contributed by atoms with Gasteiger partial charge in [0.1, 0.15) is 5.69 Å². The van der Waals surface area contributed by atoms with Crippen molar-refractivity contribution in [2.45, 2.75) is 39.2 Å². The van der Waals surface area contributed by atoms with E-state index in [-0.39, 0.29) is 24.3 Å². The van der Waals surface area contributed by atoms with Crippen molar-refractivity contribution in [1.29, 1.82) is 5.26 Å². The molecule has 2 unspecified atom stereocenters. The fourth-order valence-corrected chi connectivity index (χ4v) is 3.43. The second kappa shape index (κ2) is 7.98. The summed E-state index contributed by atoms with van der Waals surface area (Å²) in [4.78, 5) is 29.6. The molecule has 3 rings (SSSR count). The zero-order valence-electron chi connectivity index (χ0n) is 17.1. The smallest absolute Gasteiger partial charge is 0.276 e. The molecule has 0 fully saturated rings. The molecule has 1 aliphatic rings. The first-order chi connectivity index (χ1) is 13.7. The molecule has 0 bridgehead atoms. The fraction of sp³-hybridized carbons (Fsp3) is 0.304. The molecule has 6 heteroatoms. The molecule has 0 aromatic heterocycles. The molecule has 0 aliphatic carbocycles. The van der Waals surface area contributed by atoms with Crippen LogP contribution < -0.4 is 10.2 Å². The van der Waals surface area contributed by atoms with E-state index in [0.29, 0.717) is 5.56 Å². The average molecular weight is 389 g/mol. The molecule has 1 aliphatic heterocycles. The Balaban J connectivity index is 1.68. The van der Waals surface area contributed by atoms with Crippen LogP contribution in [0.15, 0.2) is 47.5 Å². The summed E-state index contributed by atoms with van der Waals surface area (Å²) in [5.41, 5.74) is 3.42. The minimum absolute atomic E-state index is 0.0426. The van der Waals surface area contributed by atoms with Crippen LogP contribution in [0.2, 0.25) is 0 Å². The Bertz CT molecular complexity index is 1020. The number of para-hydroxylation sites is 1. The summed E-state index contributed by atoms with van der Waals surface area (Å²) in [5, 5.41) is 12.3. The van der Waals surface area contributed by atoms with Gasteiger partial charge < -0.3 is 5.32 Å². The summed E-state index contributed by atoms with van der Waals surface area (Å²) >= 11 is 0. The van der Waals surface area contributed by atoms with Crippen molar-refractivity contribution in [3.8, 4) is 6.07 Å². The van der Waals surface area contributed by atoms with Gasteiger partial charge in [0.15, 0.2) is 24.4 Å². The molecule has 148 valence electrons. The minimum atomic E-state index is -0.550. The highest BCUT2D eigenvalue weighted by Gasteiger charge is 2.29. The molecule has 0 saturated heterocycles. The SMILES string of the molecule is CC(=O)c1cccc2c1[NH+](CC(=O)NC(C)c1ccc(C(C)(C)C#N)cc1)C=N2. The van der Waals surface area contributed by atoms with Crippen molar-refractivity contribution in [2.24, 2.45) is 4.99 Å². The highest BCUT2D eigenvalue weighted by atomic mass is 16.2. The first kappa shape index (κ1) is 20.4. The van der Waals surface area contributed by atoms with Gasteiger partial charge in [-0.3, -0.25) is 9.59 Å². The normalized spacial score (nSPS) is 16.0. The first-order valence-corrected chi connectivity index (χ1v) is 9.58. The zero-order valence-corrected chi connectivity index (χ0v) is 17.1. The molecule has 2 aromatic carbocycles. The number of ketones is 1. The standard InChI is InChI=1S/C23H24N4O2/c1-15(17-8-10-18(11-9-17)23(3,4)13-24)26-21(29)12-27-14-25-20-7-5-6-19(16(2)28)22(20)27/h5-11,14-15H,12H2,1-4H3,(H,26,29)/p+1. The Hall–Kier alpha value is -3.30. The van der Waals surface area contributed by atoms with Gasteiger partial charge in [-0.05, 0) is 51.0 Å². The van der Waals surface area contributed by atoms with E-state index in [4.69, 9.17) is 0 Å². The first-order valence-electron chi connectivity index (χ1n) is 9.58. The summed E-state index contributed by atoms with van der Waals surface area (Å²) in [5.74, 6) is -0.175. The maximum absolute atomic E-state index is 12.6. The summed E-state index contributed by atoms with van der Waals surface area (Å²) in [7, 11) is 0. The topological polar surface area (TPSA) is 86.8 Å². The van der Waals surface area contributed by atoms with Gasteiger partial charge in [-0.25, -0.2) is 4.90 Å². The quantitative estimate of drug-likeness (QED) is 0.745. The van der Waals surface area contributed by atoms with E-state index in [1.165, 1.54) is 6.92 Å². The molecule has 1 amide bonds. The van der Waals surface area contributed by atoms with E-state index in [2.05, 4.69) is 16.4 Å². The van der Waals surface area contributed by atoms with Crippen LogP contribution in [0.1, 0.15) is 55.2 Å². The highest BCUT2D eigenvalue weighted by Crippen LogP contribution is 2.28. The lowest BCUT2D eigenvalue weighted by atomic mass is 9.85. The number of hydrogen-bond donors (Lipinski definition) is 2. The number of carbonyl (C=O) groups excluding carboxylic acids is 2. The van der Waals surface area contributed by atoms with Gasteiger partial charge in [0.2, 0.25) is 0 Å². The van der Waals surface area contributed by atoms with Crippen LogP contribution in [-0.2, 0) is 10.2 Å². The average Bonchev–Trinajstić information content (AvgIpc) is 3.10. The number of benzene rings is 2. The number of carbonyl (C=O) groups is 2. The van der Waals surface area contributed by atoms with Crippen molar-refractivity contribution in [3.05, 3.63) is 59.2 Å². The minimum Gasteiger partial charge on any atom is -0.345 e. The molecule has 6 nitrogen and oxygen atoms in total. The van der Waals surface area contributed by atoms with Crippen LogP contribution in [0.5, 0.6) is 0 Å². The Labute approximate surface area is 170 Å². The number of amides is 1. The summed E-state index contributed by atoms with van der Waals surface area (Å²) in [6, 6.07) is 15.2. The lowest BCUT2D eigenvalue weighted by molar-refractivity contribution is -0.709. The predicted molar refractivity (Wildman–Crippen MR) is 112 cm³/mol. The largest absolute Gasteiger partial charge is 0.345 e. The number of nitrogens with zero attached hydrogens (tertiary/aromatic N) is 2. The summed E-state index contributed by atoms with van der Waals surface area (Å²) in [6.45, 7) is 7.35. The third-order valence-electron chi connectivity index (χ3n) is 5.24. The van der Waals surface area contributed by atoms with Gasteiger partial charge in [0.05, 0.1) is 23.1 Å². The molecule has 29 heavy (non-hydrogen) atoms. The second-order valence-electron chi connectivity index (χ2n) is 7.86. The van der Waals surface area contributed by atoms with Crippen molar-refractivity contribution < 1.29 is 14.5 Å². The number of quaternary nitrogens is 1. The van der Waals surface area contributed by atoms with Crippen LogP contribution in [-0.4, -0.2) is 24.6 Å². The second-order valence-corrected chi connectivity index (χ2v) is 7.86. The van der Waals surface area contributed by atoms with Crippen molar-refractivity contribution in [3.63, 3.8) is 0 Å². The van der Waals surface area contributed by atoms with Crippen molar-refractivity contribution in [1.82, 2.24) is 5.32 Å². The molecule has 1 heterocycles. The Kier molecular flexibility index (Phi) is 5.62. The molecular formula is C23H25N4O2+. The molecule has 0 radical (unpaired) electrons. The van der Waals surface area contributed by atoms with Crippen LogP contribution in [0.3, 0.4) is 0 Å². The number of nitrogens with one attached hydrogen (secondary N) is 2.